The van der Waals surface area contributed by atoms with Gasteiger partial charge in [-0.15, -0.1) is 0 Å². The van der Waals surface area contributed by atoms with Gasteiger partial charge in [0.05, 0.1) is 17.6 Å². The molecule has 0 aliphatic rings. The molecule has 7 nitrogen and oxygen atoms in total. The molecule has 0 bridgehead atoms. The molecule has 0 atom stereocenters. The van der Waals surface area contributed by atoms with E-state index in [2.05, 4.69) is 16.5 Å². The first-order valence-corrected chi connectivity index (χ1v) is 11.7. The largest absolute Gasteiger partial charge is 0.307 e. The minimum Gasteiger partial charge on any atom is -0.307 e. The quantitative estimate of drug-likeness (QED) is 0.577. The van der Waals surface area contributed by atoms with Crippen LogP contribution in [0.25, 0.3) is 0 Å². The number of amides is 1. The molecule has 0 fully saturated rings. The Labute approximate surface area is 183 Å². The number of carbonyl (C=O) groups is 1. The van der Waals surface area contributed by atoms with Gasteiger partial charge in [-0.1, -0.05) is 49.7 Å². The fourth-order valence-corrected chi connectivity index (χ4v) is 5.17. The lowest BCUT2D eigenvalue weighted by Crippen LogP contribution is -2.31. The number of aryl methyl sites for hydroxylation is 2. The first-order valence-electron chi connectivity index (χ1n) is 10.3. The van der Waals surface area contributed by atoms with E-state index in [9.17, 15) is 13.2 Å². The van der Waals surface area contributed by atoms with Crippen molar-refractivity contribution >= 4 is 21.7 Å². The molecular weight excluding hydrogens is 412 g/mol. The first kappa shape index (κ1) is 22.7. The third-order valence-corrected chi connectivity index (χ3v) is 7.34. The summed E-state index contributed by atoms with van der Waals surface area (Å²) in [5.41, 5.74) is 3.10. The van der Waals surface area contributed by atoms with Gasteiger partial charge in [-0.05, 0) is 37.1 Å². The summed E-state index contributed by atoms with van der Waals surface area (Å²) in [5.74, 6) is 0.155. The highest BCUT2D eigenvalue weighted by molar-refractivity contribution is 7.89. The van der Waals surface area contributed by atoms with E-state index in [1.54, 1.807) is 49.8 Å². The zero-order chi connectivity index (χ0) is 22.6. The maximum absolute atomic E-state index is 13.0. The van der Waals surface area contributed by atoms with Crippen LogP contribution in [0.5, 0.6) is 0 Å². The summed E-state index contributed by atoms with van der Waals surface area (Å²) < 4.78 is 29.0. The molecule has 0 aliphatic carbocycles. The molecule has 1 heterocycles. The summed E-state index contributed by atoms with van der Waals surface area (Å²) in [4.78, 5) is 13.1. The minimum atomic E-state index is -3.67. The van der Waals surface area contributed by atoms with Crippen LogP contribution in [0.15, 0.2) is 59.6 Å². The van der Waals surface area contributed by atoms with Crippen molar-refractivity contribution in [3.63, 3.8) is 0 Å². The summed E-state index contributed by atoms with van der Waals surface area (Å²) in [5, 5.41) is 7.15. The van der Waals surface area contributed by atoms with Crippen LogP contribution in [-0.4, -0.2) is 41.5 Å². The highest BCUT2D eigenvalue weighted by Gasteiger charge is 2.25. The van der Waals surface area contributed by atoms with Gasteiger partial charge in [0.15, 0.2) is 0 Å². The second-order valence-corrected chi connectivity index (χ2v) is 9.29. The number of rotatable bonds is 8. The number of aromatic nitrogens is 2. The Morgan fingerprint density at radius 2 is 1.81 bits per heavy atom. The lowest BCUT2D eigenvalue weighted by molar-refractivity contribution is 0.102. The predicted octanol–water partition coefficient (Wildman–Crippen LogP) is 3.83. The standard InChI is InChI=1S/C23H28N4O3S/c1-5-26(6-2)31(29,30)21-15-20(11-10-18(21)4)23(28)25-22-12-13-24-27(22)16-19-9-7-8-17(3)14-19/h7-15H,5-6,16H2,1-4H3,(H,25,28). The Hall–Kier alpha value is -2.97. The van der Waals surface area contributed by atoms with Crippen LogP contribution in [0, 0.1) is 13.8 Å². The molecule has 1 N–H and O–H groups in total. The third-order valence-electron chi connectivity index (χ3n) is 5.15. The van der Waals surface area contributed by atoms with E-state index < -0.39 is 10.0 Å². The normalized spacial score (nSPS) is 11.6. The van der Waals surface area contributed by atoms with Crippen molar-refractivity contribution in [1.29, 1.82) is 0 Å². The molecule has 0 aliphatic heterocycles. The monoisotopic (exact) mass is 440 g/mol. The van der Waals surface area contributed by atoms with E-state index in [0.717, 1.165) is 11.1 Å². The van der Waals surface area contributed by atoms with Gasteiger partial charge in [0.2, 0.25) is 10.0 Å². The van der Waals surface area contributed by atoms with Gasteiger partial charge in [-0.3, -0.25) is 4.79 Å². The number of anilines is 1. The molecule has 3 rings (SSSR count). The number of benzene rings is 2. The summed E-state index contributed by atoms with van der Waals surface area (Å²) >= 11 is 0. The molecule has 0 spiro atoms. The Morgan fingerprint density at radius 1 is 1.06 bits per heavy atom. The Morgan fingerprint density at radius 3 is 2.48 bits per heavy atom. The maximum Gasteiger partial charge on any atom is 0.256 e. The second kappa shape index (κ2) is 9.45. The molecule has 0 saturated carbocycles. The van der Waals surface area contributed by atoms with Gasteiger partial charge in [-0.2, -0.15) is 9.40 Å². The molecule has 0 unspecified atom stereocenters. The highest BCUT2D eigenvalue weighted by Crippen LogP contribution is 2.22. The van der Waals surface area contributed by atoms with Crippen LogP contribution in [0.3, 0.4) is 0 Å². The molecule has 0 saturated heterocycles. The number of sulfonamides is 1. The van der Waals surface area contributed by atoms with E-state index in [-0.39, 0.29) is 16.4 Å². The van der Waals surface area contributed by atoms with Crippen molar-refractivity contribution in [2.75, 3.05) is 18.4 Å². The van der Waals surface area contributed by atoms with E-state index in [4.69, 9.17) is 0 Å². The number of nitrogens with zero attached hydrogens (tertiary/aromatic N) is 3. The second-order valence-electron chi connectivity index (χ2n) is 7.39. The van der Waals surface area contributed by atoms with Gasteiger partial charge in [-0.25, -0.2) is 13.1 Å². The third kappa shape index (κ3) is 5.03. The lowest BCUT2D eigenvalue weighted by Gasteiger charge is -2.20. The number of hydrogen-bond donors (Lipinski definition) is 1. The van der Waals surface area contributed by atoms with Crippen LogP contribution >= 0.6 is 0 Å². The van der Waals surface area contributed by atoms with E-state index >= 15 is 0 Å². The van der Waals surface area contributed by atoms with Crippen molar-refractivity contribution in [3.8, 4) is 0 Å². The van der Waals surface area contributed by atoms with Gasteiger partial charge < -0.3 is 5.32 Å². The van der Waals surface area contributed by atoms with Gasteiger partial charge in [0.1, 0.15) is 5.82 Å². The predicted molar refractivity (Wildman–Crippen MR) is 122 cm³/mol. The molecule has 8 heteroatoms. The van der Waals surface area contributed by atoms with Crippen molar-refractivity contribution in [2.45, 2.75) is 39.1 Å². The van der Waals surface area contributed by atoms with Crippen LogP contribution in [0.1, 0.15) is 40.9 Å². The maximum atomic E-state index is 13.0. The average Bonchev–Trinajstić information content (AvgIpc) is 3.15. The zero-order valence-electron chi connectivity index (χ0n) is 18.3. The van der Waals surface area contributed by atoms with Crippen LogP contribution in [0.4, 0.5) is 5.82 Å². The number of nitrogens with one attached hydrogen (secondary N) is 1. The Balaban J connectivity index is 1.85. The lowest BCUT2D eigenvalue weighted by atomic mass is 10.1. The Kier molecular flexibility index (Phi) is 6.92. The Bertz CT molecular complexity index is 1180. The van der Waals surface area contributed by atoms with Crippen molar-refractivity contribution < 1.29 is 13.2 Å². The molecule has 0 radical (unpaired) electrons. The fraction of sp³-hybridized carbons (Fsp3) is 0.304. The molecular formula is C23H28N4O3S. The van der Waals surface area contributed by atoms with Crippen molar-refractivity contribution in [3.05, 3.63) is 77.0 Å². The number of carbonyl (C=O) groups excluding carboxylic acids is 1. The molecule has 2 aromatic carbocycles. The van der Waals surface area contributed by atoms with Crippen LogP contribution in [0.2, 0.25) is 0 Å². The van der Waals surface area contributed by atoms with Crippen molar-refractivity contribution in [1.82, 2.24) is 14.1 Å². The molecule has 1 amide bonds. The number of hydrogen-bond acceptors (Lipinski definition) is 4. The van der Waals surface area contributed by atoms with E-state index in [0.29, 0.717) is 31.0 Å². The molecule has 3 aromatic rings. The van der Waals surface area contributed by atoms with E-state index in [1.807, 2.05) is 25.1 Å². The van der Waals surface area contributed by atoms with Gasteiger partial charge >= 0.3 is 0 Å². The zero-order valence-corrected chi connectivity index (χ0v) is 19.1. The van der Waals surface area contributed by atoms with Gasteiger partial charge in [0, 0.05) is 24.7 Å². The smallest absolute Gasteiger partial charge is 0.256 e. The van der Waals surface area contributed by atoms with Crippen LogP contribution in [-0.2, 0) is 16.6 Å². The molecule has 31 heavy (non-hydrogen) atoms. The van der Waals surface area contributed by atoms with Crippen LogP contribution < -0.4 is 5.32 Å². The fourth-order valence-electron chi connectivity index (χ4n) is 3.46. The summed E-state index contributed by atoms with van der Waals surface area (Å²) in [6.45, 7) is 8.59. The first-order chi connectivity index (χ1) is 14.8. The van der Waals surface area contributed by atoms with Gasteiger partial charge in [0.25, 0.3) is 5.91 Å². The highest BCUT2D eigenvalue weighted by atomic mass is 32.2. The average molecular weight is 441 g/mol. The topological polar surface area (TPSA) is 84.3 Å². The molecule has 1 aromatic heterocycles. The minimum absolute atomic E-state index is 0.150. The summed E-state index contributed by atoms with van der Waals surface area (Å²) in [6, 6.07) is 14.5. The van der Waals surface area contributed by atoms with E-state index in [1.165, 1.54) is 10.4 Å². The summed E-state index contributed by atoms with van der Waals surface area (Å²) in [6.07, 6.45) is 1.62. The SMILES string of the molecule is CCN(CC)S(=O)(=O)c1cc(C(=O)Nc2ccnn2Cc2cccc(C)c2)ccc1C. The summed E-state index contributed by atoms with van der Waals surface area (Å²) in [7, 11) is -3.67. The molecule has 164 valence electrons. The van der Waals surface area contributed by atoms with Crippen molar-refractivity contribution in [2.24, 2.45) is 0 Å².